The van der Waals surface area contributed by atoms with E-state index < -0.39 is 0 Å². The van der Waals surface area contributed by atoms with Crippen molar-refractivity contribution in [3.63, 3.8) is 0 Å². The lowest BCUT2D eigenvalue weighted by Gasteiger charge is -2.06. The van der Waals surface area contributed by atoms with E-state index in [4.69, 9.17) is 0 Å². The van der Waals surface area contributed by atoms with Crippen LogP contribution in [0.5, 0.6) is 0 Å². The van der Waals surface area contributed by atoms with Crippen LogP contribution in [0.25, 0.3) is 0 Å². The number of pyridine rings is 2. The third-order valence-corrected chi connectivity index (χ3v) is 2.49. The maximum absolute atomic E-state index is 11.9. The third-order valence-electron chi connectivity index (χ3n) is 2.49. The highest BCUT2D eigenvalue weighted by Crippen LogP contribution is 2.09. The summed E-state index contributed by atoms with van der Waals surface area (Å²) in [5.41, 5.74) is 1.95. The average Bonchev–Trinajstić information content (AvgIpc) is 2.46. The van der Waals surface area contributed by atoms with Gasteiger partial charge in [0.25, 0.3) is 5.91 Å². The van der Waals surface area contributed by atoms with E-state index in [1.165, 1.54) is 0 Å². The van der Waals surface area contributed by atoms with Crippen LogP contribution in [0.3, 0.4) is 0 Å². The van der Waals surface area contributed by atoms with E-state index in [9.17, 15) is 4.79 Å². The lowest BCUT2D eigenvalue weighted by molar-refractivity contribution is 0.102. The number of amides is 1. The molecule has 0 saturated carbocycles. The fraction of sp³-hybridized carbons (Fsp3) is 0.214. The molecule has 1 amide bonds. The molecule has 0 aliphatic rings. The van der Waals surface area contributed by atoms with Crippen molar-refractivity contribution in [3.05, 3.63) is 48.5 Å². The summed E-state index contributed by atoms with van der Waals surface area (Å²) in [6.45, 7) is 2.99. The number of carbonyl (C=O) groups excluding carboxylic acids is 1. The summed E-state index contributed by atoms with van der Waals surface area (Å²) in [5.74, 6) is -0.241. The van der Waals surface area contributed by atoms with Crippen LogP contribution in [0.15, 0.2) is 42.9 Å². The summed E-state index contributed by atoms with van der Waals surface area (Å²) >= 11 is 0. The van der Waals surface area contributed by atoms with Gasteiger partial charge in [0, 0.05) is 12.7 Å². The van der Waals surface area contributed by atoms with Crippen molar-refractivity contribution >= 4 is 17.3 Å². The van der Waals surface area contributed by atoms with E-state index in [1.54, 1.807) is 36.8 Å². The fourth-order valence-corrected chi connectivity index (χ4v) is 1.53. The van der Waals surface area contributed by atoms with Crippen molar-refractivity contribution < 1.29 is 4.79 Å². The minimum atomic E-state index is -0.241. The molecule has 0 radical (unpaired) electrons. The molecule has 0 aromatic carbocycles. The molecule has 0 spiro atoms. The van der Waals surface area contributed by atoms with Gasteiger partial charge in [0.05, 0.1) is 23.8 Å². The number of aromatic nitrogens is 2. The van der Waals surface area contributed by atoms with E-state index in [2.05, 4.69) is 27.5 Å². The van der Waals surface area contributed by atoms with Gasteiger partial charge in [0.1, 0.15) is 5.69 Å². The zero-order valence-electron chi connectivity index (χ0n) is 10.8. The average molecular weight is 256 g/mol. The predicted molar refractivity (Wildman–Crippen MR) is 75.2 cm³/mol. The van der Waals surface area contributed by atoms with Gasteiger partial charge in [-0.3, -0.25) is 9.78 Å². The van der Waals surface area contributed by atoms with Crippen LogP contribution in [0, 0.1) is 0 Å². The smallest absolute Gasteiger partial charge is 0.274 e. The predicted octanol–water partition coefficient (Wildman–Crippen LogP) is 2.55. The summed E-state index contributed by atoms with van der Waals surface area (Å²) in [5, 5.41) is 5.94. The highest BCUT2D eigenvalue weighted by atomic mass is 16.1. The second-order valence-corrected chi connectivity index (χ2v) is 4.05. The molecule has 2 rings (SSSR count). The Balaban J connectivity index is 1.99. The minimum absolute atomic E-state index is 0.241. The highest BCUT2D eigenvalue weighted by molar-refractivity contribution is 6.02. The normalized spacial score (nSPS) is 9.95. The van der Waals surface area contributed by atoms with Crippen molar-refractivity contribution in [3.8, 4) is 0 Å². The van der Waals surface area contributed by atoms with Crippen molar-refractivity contribution in [1.29, 1.82) is 0 Å². The molecule has 0 aliphatic carbocycles. The number of rotatable bonds is 5. The molecule has 2 aromatic heterocycles. The number of hydrogen-bond donors (Lipinski definition) is 2. The number of anilines is 2. The van der Waals surface area contributed by atoms with Crippen LogP contribution in [0.4, 0.5) is 11.4 Å². The first-order chi connectivity index (χ1) is 9.29. The highest BCUT2D eigenvalue weighted by Gasteiger charge is 2.07. The van der Waals surface area contributed by atoms with Crippen LogP contribution < -0.4 is 10.6 Å². The summed E-state index contributed by atoms with van der Waals surface area (Å²) in [6.07, 6.45) is 5.95. The molecule has 0 atom stereocenters. The topological polar surface area (TPSA) is 66.9 Å². The van der Waals surface area contributed by atoms with Crippen LogP contribution in [-0.4, -0.2) is 22.4 Å². The molecule has 5 heteroatoms. The number of carbonyl (C=O) groups is 1. The van der Waals surface area contributed by atoms with Crippen molar-refractivity contribution in [2.24, 2.45) is 0 Å². The zero-order chi connectivity index (χ0) is 13.5. The molecular formula is C14H16N4O. The molecule has 98 valence electrons. The molecule has 19 heavy (non-hydrogen) atoms. The molecule has 2 heterocycles. The van der Waals surface area contributed by atoms with Gasteiger partial charge in [-0.25, -0.2) is 4.98 Å². The van der Waals surface area contributed by atoms with Gasteiger partial charge in [0.15, 0.2) is 0 Å². The lowest BCUT2D eigenvalue weighted by Crippen LogP contribution is -2.13. The van der Waals surface area contributed by atoms with Crippen LogP contribution in [-0.2, 0) is 0 Å². The van der Waals surface area contributed by atoms with E-state index >= 15 is 0 Å². The molecule has 0 bridgehead atoms. The lowest BCUT2D eigenvalue weighted by atomic mass is 10.3. The first kappa shape index (κ1) is 13.0. The number of nitrogens with zero attached hydrogens (tertiary/aromatic N) is 2. The Hall–Kier alpha value is -2.43. The Morgan fingerprint density at radius 3 is 2.74 bits per heavy atom. The van der Waals surface area contributed by atoms with Crippen molar-refractivity contribution in [2.75, 3.05) is 17.2 Å². The second-order valence-electron chi connectivity index (χ2n) is 4.05. The van der Waals surface area contributed by atoms with E-state index in [-0.39, 0.29) is 5.91 Å². The van der Waals surface area contributed by atoms with Gasteiger partial charge in [-0.1, -0.05) is 6.92 Å². The quantitative estimate of drug-likeness (QED) is 0.862. The largest absolute Gasteiger partial charge is 0.384 e. The Bertz CT molecular complexity index is 525. The maximum atomic E-state index is 11.9. The first-order valence-corrected chi connectivity index (χ1v) is 6.21. The Labute approximate surface area is 112 Å². The fourth-order valence-electron chi connectivity index (χ4n) is 1.53. The van der Waals surface area contributed by atoms with Gasteiger partial charge >= 0.3 is 0 Å². The molecule has 0 saturated heterocycles. The van der Waals surface area contributed by atoms with Gasteiger partial charge in [-0.2, -0.15) is 0 Å². The van der Waals surface area contributed by atoms with Crippen LogP contribution >= 0.6 is 0 Å². The zero-order valence-corrected chi connectivity index (χ0v) is 10.8. The third kappa shape index (κ3) is 3.77. The molecule has 0 unspecified atom stereocenters. The van der Waals surface area contributed by atoms with Gasteiger partial charge in [0.2, 0.25) is 0 Å². The van der Waals surface area contributed by atoms with Crippen LogP contribution in [0.1, 0.15) is 23.8 Å². The SMILES string of the molecule is CCCNc1ccc(C(=O)Nc2cccnc2)nc1. The Morgan fingerprint density at radius 2 is 2.11 bits per heavy atom. The van der Waals surface area contributed by atoms with E-state index in [0.717, 1.165) is 18.7 Å². The minimum Gasteiger partial charge on any atom is -0.384 e. The molecule has 0 aliphatic heterocycles. The van der Waals surface area contributed by atoms with Gasteiger partial charge in [-0.15, -0.1) is 0 Å². The molecular weight excluding hydrogens is 240 g/mol. The standard InChI is InChI=1S/C14H16N4O/c1-2-7-16-11-5-6-13(17-10-11)14(19)18-12-4-3-8-15-9-12/h3-6,8-10,16H,2,7H2,1H3,(H,18,19). The van der Waals surface area contributed by atoms with Gasteiger partial charge in [-0.05, 0) is 30.7 Å². The first-order valence-electron chi connectivity index (χ1n) is 6.21. The molecule has 2 aromatic rings. The molecule has 5 nitrogen and oxygen atoms in total. The molecule has 2 N–H and O–H groups in total. The molecule has 0 fully saturated rings. The van der Waals surface area contributed by atoms with E-state index in [1.807, 2.05) is 6.07 Å². The van der Waals surface area contributed by atoms with Crippen molar-refractivity contribution in [2.45, 2.75) is 13.3 Å². The van der Waals surface area contributed by atoms with Gasteiger partial charge < -0.3 is 10.6 Å². The summed E-state index contributed by atoms with van der Waals surface area (Å²) in [7, 11) is 0. The summed E-state index contributed by atoms with van der Waals surface area (Å²) in [6, 6.07) is 7.09. The summed E-state index contributed by atoms with van der Waals surface area (Å²) in [4.78, 5) is 20.0. The van der Waals surface area contributed by atoms with Crippen molar-refractivity contribution in [1.82, 2.24) is 9.97 Å². The number of nitrogens with one attached hydrogen (secondary N) is 2. The Morgan fingerprint density at radius 1 is 1.21 bits per heavy atom. The monoisotopic (exact) mass is 256 g/mol. The second kappa shape index (κ2) is 6.49. The van der Waals surface area contributed by atoms with Crippen LogP contribution in [0.2, 0.25) is 0 Å². The summed E-state index contributed by atoms with van der Waals surface area (Å²) < 4.78 is 0. The number of hydrogen-bond acceptors (Lipinski definition) is 4. The van der Waals surface area contributed by atoms with E-state index in [0.29, 0.717) is 11.4 Å². The maximum Gasteiger partial charge on any atom is 0.274 e. The Kier molecular flexibility index (Phi) is 4.44.